The van der Waals surface area contributed by atoms with Crippen LogP contribution < -0.4 is 10.2 Å². The van der Waals surface area contributed by atoms with E-state index in [0.29, 0.717) is 6.54 Å². The van der Waals surface area contributed by atoms with Crippen molar-refractivity contribution < 1.29 is 9.59 Å². The molecule has 1 fully saturated rings. The molecule has 2 unspecified atom stereocenters. The molecule has 0 saturated carbocycles. The van der Waals surface area contributed by atoms with Gasteiger partial charge in [0.15, 0.2) is 0 Å². The normalized spacial score (nSPS) is 20.1. The molecule has 1 aliphatic heterocycles. The maximum absolute atomic E-state index is 13.2. The van der Waals surface area contributed by atoms with E-state index in [4.69, 9.17) is 0 Å². The fourth-order valence-corrected chi connectivity index (χ4v) is 5.18. The van der Waals surface area contributed by atoms with Gasteiger partial charge in [0.1, 0.15) is 0 Å². The van der Waals surface area contributed by atoms with Crippen LogP contribution in [0.4, 0.5) is 5.69 Å². The maximum Gasteiger partial charge on any atom is 0.227 e. The van der Waals surface area contributed by atoms with Crippen LogP contribution in [0.15, 0.2) is 54.7 Å². The zero-order chi connectivity index (χ0) is 22.9. The number of fused-ring (bicyclic) bond motifs is 1. The van der Waals surface area contributed by atoms with Crippen LogP contribution in [-0.2, 0) is 22.6 Å². The summed E-state index contributed by atoms with van der Waals surface area (Å²) in [7, 11) is 0. The van der Waals surface area contributed by atoms with Crippen molar-refractivity contribution in [2.24, 2.45) is 5.92 Å². The molecule has 3 aromatic rings. The maximum atomic E-state index is 13.2. The molecule has 2 aliphatic rings. The Morgan fingerprint density at radius 3 is 2.76 bits per heavy atom. The van der Waals surface area contributed by atoms with Gasteiger partial charge < -0.3 is 10.2 Å². The average molecular weight is 443 g/mol. The third-order valence-corrected chi connectivity index (χ3v) is 6.89. The molecule has 6 heteroatoms. The standard InChI is InChI=1S/C27H30N4O2/c1-18-11-12-24(19(2)13-18)30-17-21(14-26(30)32)27(33)29-23-9-6-10-25-22(23)15-28-31(25)16-20-7-4-3-5-8-20/h3-5,7-8,11-13,15,21,23H,6,9-10,14,16-17H2,1-2H3,(H,29,33). The molecule has 0 bridgehead atoms. The number of carbonyl (C=O) groups is 2. The minimum absolute atomic E-state index is 0.0158. The zero-order valence-corrected chi connectivity index (χ0v) is 19.3. The highest BCUT2D eigenvalue weighted by Gasteiger charge is 2.37. The number of hydrogen-bond acceptors (Lipinski definition) is 3. The van der Waals surface area contributed by atoms with Gasteiger partial charge >= 0.3 is 0 Å². The third kappa shape index (κ3) is 4.30. The van der Waals surface area contributed by atoms with E-state index in [1.807, 2.05) is 50.4 Å². The van der Waals surface area contributed by atoms with Crippen molar-refractivity contribution in [3.05, 3.63) is 82.7 Å². The number of amides is 2. The summed E-state index contributed by atoms with van der Waals surface area (Å²) < 4.78 is 2.06. The number of anilines is 1. The second-order valence-corrected chi connectivity index (χ2v) is 9.34. The summed E-state index contributed by atoms with van der Waals surface area (Å²) in [6, 6.07) is 16.3. The molecular weight excluding hydrogens is 412 g/mol. The Morgan fingerprint density at radius 2 is 1.97 bits per heavy atom. The van der Waals surface area contributed by atoms with Crippen LogP contribution in [0.5, 0.6) is 0 Å². The van der Waals surface area contributed by atoms with Crippen LogP contribution in [0.3, 0.4) is 0 Å². The lowest BCUT2D eigenvalue weighted by atomic mass is 9.92. The van der Waals surface area contributed by atoms with Gasteiger partial charge in [0, 0.05) is 29.9 Å². The topological polar surface area (TPSA) is 67.2 Å². The molecule has 6 nitrogen and oxygen atoms in total. The Labute approximate surface area is 194 Å². The molecule has 170 valence electrons. The summed E-state index contributed by atoms with van der Waals surface area (Å²) in [5.74, 6) is -0.352. The SMILES string of the molecule is Cc1ccc(N2CC(C(=O)NC3CCCc4c3cnn4Cc3ccccc3)CC2=O)c(C)c1. The van der Waals surface area contributed by atoms with Gasteiger partial charge in [0.2, 0.25) is 11.8 Å². The monoisotopic (exact) mass is 442 g/mol. The van der Waals surface area contributed by atoms with Crippen molar-refractivity contribution in [3.63, 3.8) is 0 Å². The Hall–Kier alpha value is -3.41. The molecule has 33 heavy (non-hydrogen) atoms. The first-order valence-corrected chi connectivity index (χ1v) is 11.8. The zero-order valence-electron chi connectivity index (χ0n) is 19.3. The molecule has 5 rings (SSSR count). The summed E-state index contributed by atoms with van der Waals surface area (Å²) in [6.45, 7) is 5.22. The predicted molar refractivity (Wildman–Crippen MR) is 128 cm³/mol. The second-order valence-electron chi connectivity index (χ2n) is 9.34. The summed E-state index contributed by atoms with van der Waals surface area (Å²) in [5.41, 5.74) is 6.66. The minimum atomic E-state index is -0.331. The van der Waals surface area contributed by atoms with E-state index in [2.05, 4.69) is 33.3 Å². The Kier molecular flexibility index (Phi) is 5.75. The Morgan fingerprint density at radius 1 is 1.15 bits per heavy atom. The molecule has 0 spiro atoms. The lowest BCUT2D eigenvalue weighted by Crippen LogP contribution is -2.37. The number of rotatable bonds is 5. The number of aryl methyl sites for hydroxylation is 2. The molecule has 1 N–H and O–H groups in total. The number of carbonyl (C=O) groups excluding carboxylic acids is 2. The first kappa shape index (κ1) is 21.4. The van der Waals surface area contributed by atoms with Crippen LogP contribution in [0.1, 0.15) is 53.3 Å². The van der Waals surface area contributed by atoms with Gasteiger partial charge in [-0.3, -0.25) is 14.3 Å². The Balaban J connectivity index is 1.28. The van der Waals surface area contributed by atoms with Gasteiger partial charge in [-0.05, 0) is 50.3 Å². The average Bonchev–Trinajstić information content (AvgIpc) is 3.39. The molecule has 1 saturated heterocycles. The fourth-order valence-electron chi connectivity index (χ4n) is 5.18. The van der Waals surface area contributed by atoms with Crippen molar-refractivity contribution >= 4 is 17.5 Å². The number of nitrogens with one attached hydrogen (secondary N) is 1. The molecule has 1 aliphatic carbocycles. The third-order valence-electron chi connectivity index (χ3n) is 6.89. The van der Waals surface area contributed by atoms with E-state index in [9.17, 15) is 9.59 Å². The summed E-state index contributed by atoms with van der Waals surface area (Å²) in [6.07, 6.45) is 5.04. The first-order valence-electron chi connectivity index (χ1n) is 11.8. The summed E-state index contributed by atoms with van der Waals surface area (Å²) in [5, 5.41) is 7.87. The van der Waals surface area contributed by atoms with E-state index in [1.54, 1.807) is 4.90 Å². The highest BCUT2D eigenvalue weighted by atomic mass is 16.2. The number of aromatic nitrogens is 2. The largest absolute Gasteiger partial charge is 0.349 e. The minimum Gasteiger partial charge on any atom is -0.349 e. The summed E-state index contributed by atoms with van der Waals surface area (Å²) >= 11 is 0. The van der Waals surface area contributed by atoms with E-state index >= 15 is 0 Å². The molecule has 2 aromatic carbocycles. The van der Waals surface area contributed by atoms with E-state index in [0.717, 1.165) is 48.2 Å². The lowest BCUT2D eigenvalue weighted by molar-refractivity contribution is -0.127. The van der Waals surface area contributed by atoms with Gasteiger partial charge in [-0.15, -0.1) is 0 Å². The molecule has 1 aromatic heterocycles. The first-order chi connectivity index (χ1) is 16.0. The van der Waals surface area contributed by atoms with Crippen LogP contribution in [0.25, 0.3) is 0 Å². The van der Waals surface area contributed by atoms with Crippen LogP contribution >= 0.6 is 0 Å². The van der Waals surface area contributed by atoms with Gasteiger partial charge in [0.25, 0.3) is 0 Å². The van der Waals surface area contributed by atoms with Crippen molar-refractivity contribution in [2.45, 2.75) is 52.1 Å². The fraction of sp³-hybridized carbons (Fsp3) is 0.370. The smallest absolute Gasteiger partial charge is 0.227 e. The van der Waals surface area contributed by atoms with E-state index in [-0.39, 0.29) is 30.2 Å². The van der Waals surface area contributed by atoms with Crippen LogP contribution in [0, 0.1) is 19.8 Å². The predicted octanol–water partition coefficient (Wildman–Crippen LogP) is 4.09. The van der Waals surface area contributed by atoms with E-state index < -0.39 is 0 Å². The van der Waals surface area contributed by atoms with Crippen molar-refractivity contribution in [1.29, 1.82) is 0 Å². The quantitative estimate of drug-likeness (QED) is 0.647. The van der Waals surface area contributed by atoms with Gasteiger partial charge in [-0.1, -0.05) is 48.0 Å². The molecule has 0 radical (unpaired) electrons. The van der Waals surface area contributed by atoms with Gasteiger partial charge in [-0.25, -0.2) is 0 Å². The lowest BCUT2D eigenvalue weighted by Gasteiger charge is -2.25. The van der Waals surface area contributed by atoms with E-state index in [1.165, 1.54) is 11.3 Å². The highest BCUT2D eigenvalue weighted by Crippen LogP contribution is 2.32. The van der Waals surface area contributed by atoms with Crippen molar-refractivity contribution in [2.75, 3.05) is 11.4 Å². The number of hydrogen-bond donors (Lipinski definition) is 1. The molecule has 2 atom stereocenters. The second kappa shape index (κ2) is 8.85. The van der Waals surface area contributed by atoms with Gasteiger partial charge in [0.05, 0.1) is 24.7 Å². The highest BCUT2D eigenvalue weighted by molar-refractivity contribution is 6.00. The van der Waals surface area contributed by atoms with Crippen LogP contribution in [0.2, 0.25) is 0 Å². The molecule has 2 amide bonds. The number of nitrogens with zero attached hydrogens (tertiary/aromatic N) is 3. The number of benzene rings is 2. The van der Waals surface area contributed by atoms with Crippen molar-refractivity contribution in [1.82, 2.24) is 15.1 Å². The van der Waals surface area contributed by atoms with Crippen molar-refractivity contribution in [3.8, 4) is 0 Å². The molecular formula is C27H30N4O2. The van der Waals surface area contributed by atoms with Gasteiger partial charge in [-0.2, -0.15) is 5.10 Å². The Bertz CT molecular complexity index is 1180. The van der Waals surface area contributed by atoms with Crippen LogP contribution in [-0.4, -0.2) is 28.1 Å². The summed E-state index contributed by atoms with van der Waals surface area (Å²) in [4.78, 5) is 27.7. The molecule has 2 heterocycles.